The molecule has 2 aromatic carbocycles. The molecule has 0 spiro atoms. The van der Waals surface area contributed by atoms with Crippen LogP contribution in [0.2, 0.25) is 0 Å². The highest BCUT2D eigenvalue weighted by Crippen LogP contribution is 2.30. The molecule has 0 saturated heterocycles. The highest BCUT2D eigenvalue weighted by molar-refractivity contribution is 7.99. The van der Waals surface area contributed by atoms with Gasteiger partial charge in [0.2, 0.25) is 5.91 Å². The Morgan fingerprint density at radius 3 is 2.60 bits per heavy atom. The predicted molar refractivity (Wildman–Crippen MR) is 113 cm³/mol. The number of nitrogens with zero attached hydrogens (tertiary/aromatic N) is 5. The summed E-state index contributed by atoms with van der Waals surface area (Å²) in [6.07, 6.45) is 1.63. The molecule has 4 aromatic rings. The Bertz CT molecular complexity index is 1160. The van der Waals surface area contributed by atoms with Gasteiger partial charge in [-0.1, -0.05) is 23.9 Å². The molecule has 0 bridgehead atoms. The van der Waals surface area contributed by atoms with Gasteiger partial charge in [-0.25, -0.2) is 13.8 Å². The third-order valence-corrected chi connectivity index (χ3v) is 6.00. The maximum Gasteiger partial charge on any atom is 0.238 e. The molecule has 0 aliphatic rings. The largest absolute Gasteiger partial charge is 0.291 e. The summed E-state index contributed by atoms with van der Waals surface area (Å²) in [5.41, 5.74) is 0.815. The van der Waals surface area contributed by atoms with Crippen LogP contribution in [-0.2, 0) is 4.79 Å². The van der Waals surface area contributed by atoms with E-state index in [9.17, 15) is 13.6 Å². The van der Waals surface area contributed by atoms with E-state index < -0.39 is 11.6 Å². The average molecular weight is 444 g/mol. The smallest absolute Gasteiger partial charge is 0.238 e. The van der Waals surface area contributed by atoms with Gasteiger partial charge in [0.1, 0.15) is 11.6 Å². The highest BCUT2D eigenvalue weighted by atomic mass is 32.2. The lowest BCUT2D eigenvalue weighted by atomic mass is 10.2. The lowest BCUT2D eigenvalue weighted by molar-refractivity contribution is -0.115. The summed E-state index contributed by atoms with van der Waals surface area (Å²) in [7, 11) is 1.65. The first-order valence-corrected chi connectivity index (χ1v) is 10.7. The van der Waals surface area contributed by atoms with Crippen LogP contribution in [0.3, 0.4) is 0 Å². The van der Waals surface area contributed by atoms with Gasteiger partial charge in [0.15, 0.2) is 16.1 Å². The molecule has 2 aromatic heterocycles. The first-order chi connectivity index (χ1) is 14.5. The van der Waals surface area contributed by atoms with Gasteiger partial charge in [-0.2, -0.15) is 0 Å². The van der Waals surface area contributed by atoms with Crippen LogP contribution >= 0.6 is 23.1 Å². The Labute approximate surface area is 179 Å². The molecule has 10 heteroatoms. The number of amides is 1. The van der Waals surface area contributed by atoms with Gasteiger partial charge in [-0.15, -0.1) is 21.5 Å². The van der Waals surface area contributed by atoms with E-state index in [1.54, 1.807) is 53.5 Å². The third-order valence-electron chi connectivity index (χ3n) is 4.24. The molecule has 0 fully saturated rings. The number of halogens is 2. The lowest BCUT2D eigenvalue weighted by Gasteiger charge is -2.14. The van der Waals surface area contributed by atoms with Gasteiger partial charge < -0.3 is 0 Å². The molecule has 4 rings (SSSR count). The van der Waals surface area contributed by atoms with Gasteiger partial charge in [0.25, 0.3) is 0 Å². The van der Waals surface area contributed by atoms with E-state index in [0.29, 0.717) is 16.0 Å². The molecule has 0 saturated carbocycles. The average Bonchev–Trinajstić information content (AvgIpc) is 3.43. The molecule has 0 radical (unpaired) electrons. The van der Waals surface area contributed by atoms with Gasteiger partial charge in [-0.3, -0.25) is 14.3 Å². The zero-order valence-electron chi connectivity index (χ0n) is 15.7. The van der Waals surface area contributed by atoms with Gasteiger partial charge in [-0.05, 0) is 36.4 Å². The molecule has 6 nitrogen and oxygen atoms in total. The molecule has 0 aliphatic heterocycles. The number of thiazole rings is 1. The molecular formula is C20H15F2N5OS2. The van der Waals surface area contributed by atoms with E-state index in [2.05, 4.69) is 15.2 Å². The van der Waals surface area contributed by atoms with Crippen molar-refractivity contribution >= 4 is 34.1 Å². The van der Waals surface area contributed by atoms with Crippen molar-refractivity contribution in [3.05, 3.63) is 71.7 Å². The zero-order chi connectivity index (χ0) is 21.1. The fraction of sp³-hybridized carbons (Fsp3) is 0.100. The lowest BCUT2D eigenvalue weighted by Crippen LogP contribution is -2.27. The molecule has 0 unspecified atom stereocenters. The van der Waals surface area contributed by atoms with Crippen molar-refractivity contribution < 1.29 is 13.6 Å². The molecule has 30 heavy (non-hydrogen) atoms. The standard InChI is InChI=1S/C20H15F2N5OS2/c1-26(19-23-10-11-29-19)17(28)12-30-20-25-24-18(15-4-2-3-5-16(15)22)27(20)14-8-6-13(21)7-9-14/h2-11H,12H2,1H3. The molecule has 0 aliphatic carbocycles. The van der Waals surface area contributed by atoms with Gasteiger partial charge >= 0.3 is 0 Å². The first kappa shape index (κ1) is 20.2. The Morgan fingerprint density at radius 2 is 1.90 bits per heavy atom. The summed E-state index contributed by atoms with van der Waals surface area (Å²) in [6.45, 7) is 0. The van der Waals surface area contributed by atoms with Crippen LogP contribution < -0.4 is 4.90 Å². The van der Waals surface area contributed by atoms with Crippen LogP contribution in [0, 0.1) is 11.6 Å². The van der Waals surface area contributed by atoms with Crippen molar-refractivity contribution in [2.75, 3.05) is 17.7 Å². The van der Waals surface area contributed by atoms with E-state index in [1.165, 1.54) is 34.4 Å². The molecule has 2 heterocycles. The second-order valence-corrected chi connectivity index (χ2v) is 7.97. The number of thioether (sulfide) groups is 1. The maximum atomic E-state index is 14.4. The summed E-state index contributed by atoms with van der Waals surface area (Å²) < 4.78 is 29.5. The maximum absolute atomic E-state index is 14.4. The molecule has 0 N–H and O–H groups in total. The van der Waals surface area contributed by atoms with E-state index in [1.807, 2.05) is 0 Å². The molecule has 152 valence electrons. The number of benzene rings is 2. The number of aromatic nitrogens is 4. The Hall–Kier alpha value is -3.11. The van der Waals surface area contributed by atoms with E-state index >= 15 is 0 Å². The van der Waals surface area contributed by atoms with Crippen molar-refractivity contribution in [1.82, 2.24) is 19.7 Å². The number of rotatable bonds is 6. The normalized spacial score (nSPS) is 10.9. The minimum atomic E-state index is -0.454. The number of carbonyl (C=O) groups is 1. The summed E-state index contributed by atoms with van der Waals surface area (Å²) in [6, 6.07) is 11.9. The van der Waals surface area contributed by atoms with Crippen molar-refractivity contribution in [2.45, 2.75) is 5.16 Å². The van der Waals surface area contributed by atoms with E-state index in [4.69, 9.17) is 0 Å². The van der Waals surface area contributed by atoms with Gasteiger partial charge in [0, 0.05) is 24.3 Å². The Morgan fingerprint density at radius 1 is 1.13 bits per heavy atom. The molecule has 0 atom stereocenters. The quantitative estimate of drug-likeness (QED) is 0.413. The fourth-order valence-electron chi connectivity index (χ4n) is 2.71. The third kappa shape index (κ3) is 4.10. The SMILES string of the molecule is CN(C(=O)CSc1nnc(-c2ccccc2F)n1-c1ccc(F)cc1)c1nccs1. The number of carbonyl (C=O) groups excluding carboxylic acids is 1. The second-order valence-electron chi connectivity index (χ2n) is 6.15. The number of anilines is 1. The van der Waals surface area contributed by atoms with Crippen molar-refractivity contribution in [3.63, 3.8) is 0 Å². The number of hydrogen-bond donors (Lipinski definition) is 0. The van der Waals surface area contributed by atoms with Crippen molar-refractivity contribution in [1.29, 1.82) is 0 Å². The molecular weight excluding hydrogens is 428 g/mol. The van der Waals surface area contributed by atoms with Gasteiger partial charge in [0.05, 0.1) is 11.3 Å². The van der Waals surface area contributed by atoms with Crippen LogP contribution in [-0.4, -0.2) is 38.5 Å². The Balaban J connectivity index is 1.67. The minimum Gasteiger partial charge on any atom is -0.291 e. The summed E-state index contributed by atoms with van der Waals surface area (Å²) in [5, 5.41) is 11.1. The van der Waals surface area contributed by atoms with E-state index in [-0.39, 0.29) is 23.0 Å². The number of hydrogen-bond acceptors (Lipinski definition) is 6. The summed E-state index contributed by atoms with van der Waals surface area (Å²) >= 11 is 2.52. The predicted octanol–water partition coefficient (Wildman–Crippen LogP) is 4.42. The Kier molecular flexibility index (Phi) is 5.86. The fourth-order valence-corrected chi connectivity index (χ4v) is 4.21. The highest BCUT2D eigenvalue weighted by Gasteiger charge is 2.21. The van der Waals surface area contributed by atoms with E-state index in [0.717, 1.165) is 11.8 Å². The van der Waals surface area contributed by atoms with Crippen molar-refractivity contribution in [3.8, 4) is 17.1 Å². The second kappa shape index (κ2) is 8.72. The van der Waals surface area contributed by atoms with Crippen LogP contribution in [0.25, 0.3) is 17.1 Å². The minimum absolute atomic E-state index is 0.0761. The summed E-state index contributed by atoms with van der Waals surface area (Å²) in [4.78, 5) is 18.1. The molecule has 1 amide bonds. The summed E-state index contributed by atoms with van der Waals surface area (Å²) in [5.74, 6) is -0.677. The van der Waals surface area contributed by atoms with Crippen LogP contribution in [0.5, 0.6) is 0 Å². The zero-order valence-corrected chi connectivity index (χ0v) is 17.3. The first-order valence-electron chi connectivity index (χ1n) is 8.79. The van der Waals surface area contributed by atoms with Crippen LogP contribution in [0.4, 0.5) is 13.9 Å². The van der Waals surface area contributed by atoms with Crippen molar-refractivity contribution in [2.24, 2.45) is 0 Å². The monoisotopic (exact) mass is 443 g/mol. The van der Waals surface area contributed by atoms with Crippen LogP contribution in [0.1, 0.15) is 0 Å². The topological polar surface area (TPSA) is 63.9 Å². The van der Waals surface area contributed by atoms with Crippen LogP contribution in [0.15, 0.2) is 65.3 Å².